The Balaban J connectivity index is 1.52. The molecular weight excluding hydrogens is 316 g/mol. The number of carbonyl (C=O) groups is 1. The molecule has 2 aliphatic heterocycles. The van der Waals surface area contributed by atoms with Crippen LogP contribution in [0.25, 0.3) is 11.0 Å². The van der Waals surface area contributed by atoms with E-state index in [9.17, 15) is 4.79 Å². The lowest BCUT2D eigenvalue weighted by atomic mass is 10.00. The van der Waals surface area contributed by atoms with Gasteiger partial charge in [-0.3, -0.25) is 9.69 Å². The molecule has 4 rings (SSSR count). The summed E-state index contributed by atoms with van der Waals surface area (Å²) in [4.78, 5) is 25.3. The van der Waals surface area contributed by atoms with E-state index in [0.29, 0.717) is 6.04 Å². The maximum Gasteiger partial charge on any atom is 0.254 e. The highest BCUT2D eigenvalue weighted by molar-refractivity contribution is 5.97. The molecule has 1 aromatic heterocycles. The van der Waals surface area contributed by atoms with Crippen molar-refractivity contribution in [3.63, 3.8) is 0 Å². The Morgan fingerprint density at radius 3 is 2.96 bits per heavy atom. The van der Waals surface area contributed by atoms with Gasteiger partial charge in [-0.15, -0.1) is 0 Å². The van der Waals surface area contributed by atoms with Gasteiger partial charge in [0.15, 0.2) is 0 Å². The van der Waals surface area contributed by atoms with E-state index in [4.69, 9.17) is 4.74 Å². The van der Waals surface area contributed by atoms with Crippen molar-refractivity contribution in [2.24, 2.45) is 0 Å². The normalized spacial score (nSPS) is 22.4. The molecular formula is C19H26N4O2. The van der Waals surface area contributed by atoms with Crippen LogP contribution in [0.1, 0.15) is 35.4 Å². The standard InChI is InChI=1S/C19H26N4O2/c1-14-20-17-6-5-15(12-18(17)21-14)19(24)23-7-3-2-4-16(23)13-22-8-10-25-11-9-22/h5-6,12,16H,2-4,7-11,13H2,1H3,(H,20,21)/t16-/m1/s1. The van der Waals surface area contributed by atoms with Crippen molar-refractivity contribution in [1.29, 1.82) is 0 Å². The van der Waals surface area contributed by atoms with Gasteiger partial charge in [-0.2, -0.15) is 0 Å². The highest BCUT2D eigenvalue weighted by atomic mass is 16.5. The van der Waals surface area contributed by atoms with Crippen molar-refractivity contribution in [2.75, 3.05) is 39.4 Å². The Bertz CT molecular complexity index is 751. The highest BCUT2D eigenvalue weighted by Crippen LogP contribution is 2.22. The van der Waals surface area contributed by atoms with E-state index < -0.39 is 0 Å². The summed E-state index contributed by atoms with van der Waals surface area (Å²) in [5.74, 6) is 1.02. The minimum atomic E-state index is 0.145. The molecule has 1 aromatic carbocycles. The van der Waals surface area contributed by atoms with E-state index in [2.05, 4.69) is 19.8 Å². The number of H-pyrrole nitrogens is 1. The summed E-state index contributed by atoms with van der Waals surface area (Å²) in [6.45, 7) is 7.29. The molecule has 134 valence electrons. The average molecular weight is 342 g/mol. The van der Waals surface area contributed by atoms with E-state index in [1.165, 1.54) is 6.42 Å². The van der Waals surface area contributed by atoms with Crippen molar-refractivity contribution in [2.45, 2.75) is 32.2 Å². The molecule has 1 atom stereocenters. The monoisotopic (exact) mass is 342 g/mol. The number of amides is 1. The second kappa shape index (κ2) is 7.14. The number of fused-ring (bicyclic) bond motifs is 1. The van der Waals surface area contributed by atoms with E-state index in [1.807, 2.05) is 25.1 Å². The summed E-state index contributed by atoms with van der Waals surface area (Å²) in [7, 11) is 0. The molecule has 3 heterocycles. The minimum absolute atomic E-state index is 0.145. The van der Waals surface area contributed by atoms with Gasteiger partial charge < -0.3 is 14.6 Å². The number of likely N-dealkylation sites (tertiary alicyclic amines) is 1. The summed E-state index contributed by atoms with van der Waals surface area (Å²) < 4.78 is 5.44. The second-order valence-electron chi connectivity index (χ2n) is 7.12. The Morgan fingerprint density at radius 1 is 1.28 bits per heavy atom. The lowest BCUT2D eigenvalue weighted by Gasteiger charge is -2.39. The first-order valence-corrected chi connectivity index (χ1v) is 9.28. The van der Waals surface area contributed by atoms with Crippen LogP contribution in [0.15, 0.2) is 18.2 Å². The molecule has 25 heavy (non-hydrogen) atoms. The van der Waals surface area contributed by atoms with Gasteiger partial charge in [0.25, 0.3) is 5.91 Å². The van der Waals surface area contributed by atoms with Crippen molar-refractivity contribution >= 4 is 16.9 Å². The van der Waals surface area contributed by atoms with Crippen LogP contribution in [0.4, 0.5) is 0 Å². The fourth-order valence-electron chi connectivity index (χ4n) is 3.98. The first-order chi connectivity index (χ1) is 12.2. The summed E-state index contributed by atoms with van der Waals surface area (Å²) in [6, 6.07) is 6.09. The molecule has 6 heteroatoms. The number of carbonyl (C=O) groups excluding carboxylic acids is 1. The van der Waals surface area contributed by atoms with Crippen LogP contribution in [-0.4, -0.2) is 71.1 Å². The third kappa shape index (κ3) is 3.55. The van der Waals surface area contributed by atoms with E-state index in [-0.39, 0.29) is 5.91 Å². The molecule has 2 fully saturated rings. The van der Waals surface area contributed by atoms with Crippen LogP contribution in [0.3, 0.4) is 0 Å². The molecule has 2 aromatic rings. The number of aromatic nitrogens is 2. The maximum absolute atomic E-state index is 13.2. The molecule has 0 radical (unpaired) electrons. The van der Waals surface area contributed by atoms with Gasteiger partial charge >= 0.3 is 0 Å². The molecule has 0 bridgehead atoms. The Morgan fingerprint density at radius 2 is 2.12 bits per heavy atom. The number of hydrogen-bond acceptors (Lipinski definition) is 4. The zero-order valence-electron chi connectivity index (χ0n) is 14.8. The van der Waals surface area contributed by atoms with Gasteiger partial charge in [0, 0.05) is 37.8 Å². The minimum Gasteiger partial charge on any atom is -0.379 e. The Kier molecular flexibility index (Phi) is 4.72. The highest BCUT2D eigenvalue weighted by Gasteiger charge is 2.29. The SMILES string of the molecule is Cc1nc2ccc(C(=O)N3CCCC[C@@H]3CN3CCOCC3)cc2[nH]1. The van der Waals surface area contributed by atoms with Crippen molar-refractivity contribution in [1.82, 2.24) is 19.8 Å². The molecule has 1 amide bonds. The zero-order valence-corrected chi connectivity index (χ0v) is 14.8. The molecule has 0 saturated carbocycles. The van der Waals surface area contributed by atoms with Crippen molar-refractivity contribution in [3.8, 4) is 0 Å². The maximum atomic E-state index is 13.2. The largest absolute Gasteiger partial charge is 0.379 e. The molecule has 0 unspecified atom stereocenters. The van der Waals surface area contributed by atoms with Crippen LogP contribution < -0.4 is 0 Å². The van der Waals surface area contributed by atoms with E-state index in [1.54, 1.807) is 0 Å². The first kappa shape index (κ1) is 16.5. The Labute approximate surface area is 148 Å². The number of morpholine rings is 1. The van der Waals surface area contributed by atoms with Crippen LogP contribution in [0.2, 0.25) is 0 Å². The number of rotatable bonds is 3. The van der Waals surface area contributed by atoms with Gasteiger partial charge in [0.2, 0.25) is 0 Å². The van der Waals surface area contributed by atoms with Crippen molar-refractivity contribution < 1.29 is 9.53 Å². The summed E-state index contributed by atoms with van der Waals surface area (Å²) >= 11 is 0. The summed E-state index contributed by atoms with van der Waals surface area (Å²) in [5, 5.41) is 0. The third-order valence-electron chi connectivity index (χ3n) is 5.31. The number of benzene rings is 1. The van der Waals surface area contributed by atoms with Gasteiger partial charge in [-0.25, -0.2) is 4.98 Å². The third-order valence-corrected chi connectivity index (χ3v) is 5.31. The van der Waals surface area contributed by atoms with E-state index in [0.717, 1.165) is 74.7 Å². The molecule has 2 aliphatic rings. The van der Waals surface area contributed by atoms with Crippen LogP contribution in [0, 0.1) is 6.92 Å². The molecule has 0 spiro atoms. The first-order valence-electron chi connectivity index (χ1n) is 9.28. The van der Waals surface area contributed by atoms with Crippen LogP contribution in [0.5, 0.6) is 0 Å². The number of ether oxygens (including phenoxy) is 1. The fraction of sp³-hybridized carbons (Fsp3) is 0.579. The number of nitrogens with zero attached hydrogens (tertiary/aromatic N) is 3. The number of imidazole rings is 1. The number of nitrogens with one attached hydrogen (secondary N) is 1. The molecule has 6 nitrogen and oxygen atoms in total. The fourth-order valence-corrected chi connectivity index (χ4v) is 3.98. The van der Waals surface area contributed by atoms with Crippen LogP contribution >= 0.6 is 0 Å². The second-order valence-corrected chi connectivity index (χ2v) is 7.12. The number of piperidine rings is 1. The average Bonchev–Trinajstić information content (AvgIpc) is 3.01. The zero-order chi connectivity index (χ0) is 17.2. The number of hydrogen-bond donors (Lipinski definition) is 1. The van der Waals surface area contributed by atoms with Crippen molar-refractivity contribution in [3.05, 3.63) is 29.6 Å². The van der Waals surface area contributed by atoms with Crippen LogP contribution in [-0.2, 0) is 4.74 Å². The predicted molar refractivity (Wildman–Crippen MR) is 96.8 cm³/mol. The summed E-state index contributed by atoms with van der Waals surface area (Å²) in [6.07, 6.45) is 3.39. The van der Waals surface area contributed by atoms with Gasteiger partial charge in [-0.05, 0) is 44.4 Å². The number of aromatic amines is 1. The topological polar surface area (TPSA) is 61.5 Å². The van der Waals surface area contributed by atoms with Gasteiger partial charge in [0.05, 0.1) is 24.2 Å². The predicted octanol–water partition coefficient (Wildman–Crippen LogP) is 2.20. The smallest absolute Gasteiger partial charge is 0.254 e. The molecule has 2 saturated heterocycles. The summed E-state index contributed by atoms with van der Waals surface area (Å²) in [5.41, 5.74) is 2.60. The van der Waals surface area contributed by atoms with Gasteiger partial charge in [0.1, 0.15) is 5.82 Å². The number of aryl methyl sites for hydroxylation is 1. The Hall–Kier alpha value is -1.92. The lowest BCUT2D eigenvalue weighted by molar-refractivity contribution is 0.0166. The lowest BCUT2D eigenvalue weighted by Crippen LogP contribution is -2.51. The quantitative estimate of drug-likeness (QED) is 0.929. The molecule has 1 N–H and O–H groups in total. The van der Waals surface area contributed by atoms with Gasteiger partial charge in [-0.1, -0.05) is 0 Å². The molecule has 0 aliphatic carbocycles. The van der Waals surface area contributed by atoms with E-state index >= 15 is 0 Å².